The maximum Gasteiger partial charge on any atom is 0.0588 e. The van der Waals surface area contributed by atoms with Gasteiger partial charge in [0, 0.05) is 11.1 Å². The zero-order valence-corrected chi connectivity index (χ0v) is 12.2. The van der Waals surface area contributed by atoms with Crippen LogP contribution in [0.1, 0.15) is 28.3 Å². The van der Waals surface area contributed by atoms with Gasteiger partial charge in [-0.2, -0.15) is 0 Å². The number of aliphatic hydroxyl groups excluding tert-OH is 1. The molecule has 0 saturated heterocycles. The molecule has 2 aromatic rings. The summed E-state index contributed by atoms with van der Waals surface area (Å²) in [7, 11) is 0. The van der Waals surface area contributed by atoms with E-state index in [1.165, 1.54) is 22.3 Å². The van der Waals surface area contributed by atoms with Crippen LogP contribution in [-0.4, -0.2) is 17.8 Å². The second-order valence-corrected chi connectivity index (χ2v) is 5.87. The summed E-state index contributed by atoms with van der Waals surface area (Å²) in [5.74, 6) is 0. The minimum atomic E-state index is 0.0926. The van der Waals surface area contributed by atoms with E-state index in [9.17, 15) is 5.11 Å². The van der Waals surface area contributed by atoms with Crippen LogP contribution in [0.5, 0.6) is 0 Å². The maximum absolute atomic E-state index is 9.49. The SMILES string of the molecule is Cc1ccc([C@@H]2N[C@H](CO)Cc3ccc(Cl)cc32)cc1. The molecule has 3 rings (SSSR count). The first-order valence-corrected chi connectivity index (χ1v) is 7.27. The van der Waals surface area contributed by atoms with Crippen LogP contribution in [0.15, 0.2) is 42.5 Å². The third-order valence-corrected chi connectivity index (χ3v) is 4.15. The Morgan fingerprint density at radius 2 is 1.95 bits per heavy atom. The Bertz CT molecular complexity index is 609. The molecule has 20 heavy (non-hydrogen) atoms. The standard InChI is InChI=1S/C17H18ClNO/c1-11-2-4-12(5-3-11)17-16-9-14(18)7-6-13(16)8-15(10-20)19-17/h2-7,9,15,17,19-20H,8,10H2,1H3/t15-,17-/m0/s1. The van der Waals surface area contributed by atoms with Gasteiger partial charge in [0.1, 0.15) is 0 Å². The summed E-state index contributed by atoms with van der Waals surface area (Å²) in [5, 5.41) is 13.8. The molecule has 2 N–H and O–H groups in total. The summed E-state index contributed by atoms with van der Waals surface area (Å²) in [6, 6.07) is 14.7. The molecule has 0 spiro atoms. The molecule has 2 nitrogen and oxygen atoms in total. The fourth-order valence-corrected chi connectivity index (χ4v) is 3.00. The van der Waals surface area contributed by atoms with Gasteiger partial charge in [-0.1, -0.05) is 47.5 Å². The molecule has 1 heterocycles. The zero-order valence-electron chi connectivity index (χ0n) is 11.4. The number of aryl methyl sites for hydroxylation is 1. The molecule has 0 radical (unpaired) electrons. The molecule has 0 unspecified atom stereocenters. The van der Waals surface area contributed by atoms with Crippen LogP contribution >= 0.6 is 11.6 Å². The van der Waals surface area contributed by atoms with Crippen molar-refractivity contribution in [3.63, 3.8) is 0 Å². The number of fused-ring (bicyclic) bond motifs is 1. The van der Waals surface area contributed by atoms with Crippen molar-refractivity contribution in [3.05, 3.63) is 69.7 Å². The highest BCUT2D eigenvalue weighted by Gasteiger charge is 2.26. The number of nitrogens with one attached hydrogen (secondary N) is 1. The van der Waals surface area contributed by atoms with Gasteiger partial charge >= 0.3 is 0 Å². The van der Waals surface area contributed by atoms with Crippen molar-refractivity contribution in [1.82, 2.24) is 5.32 Å². The van der Waals surface area contributed by atoms with E-state index in [1.807, 2.05) is 12.1 Å². The van der Waals surface area contributed by atoms with Crippen molar-refractivity contribution in [2.75, 3.05) is 6.61 Å². The van der Waals surface area contributed by atoms with Crippen molar-refractivity contribution < 1.29 is 5.11 Å². The van der Waals surface area contributed by atoms with E-state index in [4.69, 9.17) is 11.6 Å². The Balaban J connectivity index is 2.05. The lowest BCUT2D eigenvalue weighted by Gasteiger charge is -2.33. The molecule has 3 heteroatoms. The second-order valence-electron chi connectivity index (χ2n) is 5.44. The van der Waals surface area contributed by atoms with Crippen LogP contribution in [0.2, 0.25) is 5.02 Å². The van der Waals surface area contributed by atoms with Gasteiger partial charge in [0.2, 0.25) is 0 Å². The van der Waals surface area contributed by atoms with E-state index in [1.54, 1.807) is 0 Å². The highest BCUT2D eigenvalue weighted by atomic mass is 35.5. The Kier molecular flexibility index (Phi) is 3.79. The molecule has 1 aliphatic rings. The summed E-state index contributed by atoms with van der Waals surface area (Å²) in [6.07, 6.45) is 0.839. The Morgan fingerprint density at radius 1 is 1.20 bits per heavy atom. The van der Waals surface area contributed by atoms with Crippen molar-refractivity contribution in [2.24, 2.45) is 0 Å². The first-order valence-electron chi connectivity index (χ1n) is 6.89. The van der Waals surface area contributed by atoms with E-state index >= 15 is 0 Å². The molecule has 0 bridgehead atoms. The van der Waals surface area contributed by atoms with Gasteiger partial charge in [-0.15, -0.1) is 0 Å². The van der Waals surface area contributed by atoms with Crippen LogP contribution in [0.3, 0.4) is 0 Å². The van der Waals surface area contributed by atoms with Crippen LogP contribution < -0.4 is 5.32 Å². The fourth-order valence-electron chi connectivity index (χ4n) is 2.82. The van der Waals surface area contributed by atoms with E-state index < -0.39 is 0 Å². The largest absolute Gasteiger partial charge is 0.395 e. The predicted octanol–water partition coefficient (Wildman–Crippen LogP) is 3.24. The normalized spacial score (nSPS) is 21.6. The van der Waals surface area contributed by atoms with Gasteiger partial charge in [0.25, 0.3) is 0 Å². The predicted molar refractivity (Wildman–Crippen MR) is 82.2 cm³/mol. The van der Waals surface area contributed by atoms with Gasteiger partial charge in [-0.05, 0) is 42.2 Å². The van der Waals surface area contributed by atoms with Crippen molar-refractivity contribution in [2.45, 2.75) is 25.4 Å². The molecule has 1 aliphatic heterocycles. The molecular formula is C17H18ClNO. The van der Waals surface area contributed by atoms with E-state index in [-0.39, 0.29) is 18.7 Å². The maximum atomic E-state index is 9.49. The van der Waals surface area contributed by atoms with Crippen molar-refractivity contribution in [3.8, 4) is 0 Å². The van der Waals surface area contributed by atoms with Crippen LogP contribution in [0.25, 0.3) is 0 Å². The quantitative estimate of drug-likeness (QED) is 0.889. The first-order chi connectivity index (χ1) is 9.67. The summed E-state index contributed by atoms with van der Waals surface area (Å²) >= 11 is 6.15. The fraction of sp³-hybridized carbons (Fsp3) is 0.294. The number of hydrogen-bond acceptors (Lipinski definition) is 2. The third kappa shape index (κ3) is 2.59. The molecule has 0 aliphatic carbocycles. The second kappa shape index (κ2) is 5.57. The summed E-state index contributed by atoms with van der Waals surface area (Å²) < 4.78 is 0. The topological polar surface area (TPSA) is 32.3 Å². The summed E-state index contributed by atoms with van der Waals surface area (Å²) in [5.41, 5.74) is 4.93. The van der Waals surface area contributed by atoms with E-state index in [0.29, 0.717) is 0 Å². The van der Waals surface area contributed by atoms with E-state index in [0.717, 1.165) is 11.4 Å². The molecule has 2 aromatic carbocycles. The zero-order chi connectivity index (χ0) is 14.1. The third-order valence-electron chi connectivity index (χ3n) is 3.92. The first kappa shape index (κ1) is 13.6. The highest BCUT2D eigenvalue weighted by Crippen LogP contribution is 2.32. The number of benzene rings is 2. The van der Waals surface area contributed by atoms with Gasteiger partial charge in [0.15, 0.2) is 0 Å². The minimum Gasteiger partial charge on any atom is -0.395 e. The van der Waals surface area contributed by atoms with E-state index in [2.05, 4.69) is 42.6 Å². The number of hydrogen-bond donors (Lipinski definition) is 2. The van der Waals surface area contributed by atoms with Crippen LogP contribution in [0, 0.1) is 6.92 Å². The molecule has 2 atom stereocenters. The van der Waals surface area contributed by atoms with Crippen molar-refractivity contribution >= 4 is 11.6 Å². The van der Waals surface area contributed by atoms with Crippen LogP contribution in [0.4, 0.5) is 0 Å². The average molecular weight is 288 g/mol. The number of aliphatic hydroxyl groups is 1. The lowest BCUT2D eigenvalue weighted by Crippen LogP contribution is -2.42. The minimum absolute atomic E-state index is 0.0926. The van der Waals surface area contributed by atoms with Crippen LogP contribution in [-0.2, 0) is 6.42 Å². The molecule has 104 valence electrons. The van der Waals surface area contributed by atoms with Crippen molar-refractivity contribution in [1.29, 1.82) is 0 Å². The molecule has 0 aromatic heterocycles. The number of rotatable bonds is 2. The summed E-state index contributed by atoms with van der Waals surface area (Å²) in [6.45, 7) is 2.23. The Morgan fingerprint density at radius 3 is 2.65 bits per heavy atom. The highest BCUT2D eigenvalue weighted by molar-refractivity contribution is 6.30. The number of halogens is 1. The Hall–Kier alpha value is -1.35. The lowest BCUT2D eigenvalue weighted by atomic mass is 9.86. The molecule has 0 fully saturated rings. The lowest BCUT2D eigenvalue weighted by molar-refractivity contribution is 0.229. The van der Waals surface area contributed by atoms with Gasteiger partial charge in [-0.25, -0.2) is 0 Å². The van der Waals surface area contributed by atoms with Gasteiger partial charge in [-0.3, -0.25) is 0 Å². The van der Waals surface area contributed by atoms with Gasteiger partial charge < -0.3 is 10.4 Å². The van der Waals surface area contributed by atoms with Gasteiger partial charge in [0.05, 0.1) is 12.6 Å². The molecule has 0 amide bonds. The average Bonchev–Trinajstić information content (AvgIpc) is 2.47. The molecular weight excluding hydrogens is 270 g/mol. The Labute approximate surface area is 124 Å². The summed E-state index contributed by atoms with van der Waals surface area (Å²) in [4.78, 5) is 0. The molecule has 0 saturated carbocycles. The smallest absolute Gasteiger partial charge is 0.0588 e. The monoisotopic (exact) mass is 287 g/mol.